The molecule has 2 N–H and O–H groups in total. The molecule has 1 aromatic carbocycles. The van der Waals surface area contributed by atoms with E-state index < -0.39 is 4.92 Å². The molecule has 0 aliphatic carbocycles. The van der Waals surface area contributed by atoms with Crippen molar-refractivity contribution in [3.63, 3.8) is 0 Å². The number of anilines is 3. The normalized spacial score (nSPS) is 22.5. The highest BCUT2D eigenvalue weighted by Crippen LogP contribution is 2.34. The standard InChI is InChI=1S/C21H29N7O3/c1-15-12-27(13-16(2)31-15)21-23-19(22)18(28(29)30)20(24-21)26-10-8-25(9-11-26)14-17-6-4-3-5-7-17/h3-7,15-16H,8-14H2,1-2H3,(H2,22,23,24)/t15-,16+. The maximum absolute atomic E-state index is 11.8. The van der Waals surface area contributed by atoms with Crippen LogP contribution in [-0.2, 0) is 11.3 Å². The second-order valence-electron chi connectivity index (χ2n) is 8.25. The molecule has 0 amide bonds. The maximum atomic E-state index is 11.8. The number of nitrogens with zero attached hydrogens (tertiary/aromatic N) is 6. The van der Waals surface area contributed by atoms with Crippen LogP contribution in [0, 0.1) is 10.1 Å². The molecule has 4 rings (SSSR count). The van der Waals surface area contributed by atoms with Gasteiger partial charge in [0.1, 0.15) is 0 Å². The number of piperazine rings is 1. The Labute approximate surface area is 181 Å². The van der Waals surface area contributed by atoms with E-state index in [-0.39, 0.29) is 23.7 Å². The molecular weight excluding hydrogens is 398 g/mol. The number of hydrogen-bond donors (Lipinski definition) is 1. The van der Waals surface area contributed by atoms with Gasteiger partial charge in [-0.15, -0.1) is 0 Å². The summed E-state index contributed by atoms with van der Waals surface area (Å²) >= 11 is 0. The first kappa shape index (κ1) is 21.3. The fourth-order valence-corrected chi connectivity index (χ4v) is 4.29. The van der Waals surface area contributed by atoms with Gasteiger partial charge in [0.15, 0.2) is 0 Å². The lowest BCUT2D eigenvalue weighted by Crippen LogP contribution is -2.48. The Morgan fingerprint density at radius 1 is 1.06 bits per heavy atom. The summed E-state index contributed by atoms with van der Waals surface area (Å²) in [5, 5.41) is 11.8. The van der Waals surface area contributed by atoms with Crippen LogP contribution in [0.5, 0.6) is 0 Å². The number of rotatable bonds is 5. The summed E-state index contributed by atoms with van der Waals surface area (Å²) in [7, 11) is 0. The van der Waals surface area contributed by atoms with E-state index >= 15 is 0 Å². The van der Waals surface area contributed by atoms with E-state index in [1.165, 1.54) is 5.56 Å². The van der Waals surface area contributed by atoms with Gasteiger partial charge in [0, 0.05) is 45.8 Å². The highest BCUT2D eigenvalue weighted by atomic mass is 16.6. The van der Waals surface area contributed by atoms with Gasteiger partial charge in [-0.25, -0.2) is 0 Å². The summed E-state index contributed by atoms with van der Waals surface area (Å²) in [4.78, 5) is 26.5. The van der Waals surface area contributed by atoms with Crippen molar-refractivity contribution in [3.8, 4) is 0 Å². The first-order valence-corrected chi connectivity index (χ1v) is 10.6. The lowest BCUT2D eigenvalue weighted by atomic mass is 10.2. The Bertz CT molecular complexity index is 909. The van der Waals surface area contributed by atoms with Gasteiger partial charge in [-0.1, -0.05) is 30.3 Å². The average molecular weight is 428 g/mol. The van der Waals surface area contributed by atoms with Crippen LogP contribution in [0.15, 0.2) is 30.3 Å². The number of aromatic nitrogens is 2. The van der Waals surface area contributed by atoms with Crippen molar-refractivity contribution in [1.82, 2.24) is 14.9 Å². The van der Waals surface area contributed by atoms with Crippen molar-refractivity contribution >= 4 is 23.3 Å². The third-order valence-corrected chi connectivity index (χ3v) is 5.69. The molecule has 2 saturated heterocycles. The first-order valence-electron chi connectivity index (χ1n) is 10.6. The number of benzene rings is 1. The van der Waals surface area contributed by atoms with Crippen molar-refractivity contribution in [1.29, 1.82) is 0 Å². The molecule has 3 heterocycles. The predicted molar refractivity (Wildman–Crippen MR) is 119 cm³/mol. The van der Waals surface area contributed by atoms with Crippen LogP contribution in [0.4, 0.5) is 23.3 Å². The first-order chi connectivity index (χ1) is 14.9. The minimum absolute atomic E-state index is 0.0220. The largest absolute Gasteiger partial charge is 0.378 e. The average Bonchev–Trinajstić information content (AvgIpc) is 2.73. The topological polar surface area (TPSA) is 114 Å². The monoisotopic (exact) mass is 427 g/mol. The van der Waals surface area contributed by atoms with Crippen LogP contribution in [0.2, 0.25) is 0 Å². The molecule has 0 bridgehead atoms. The molecule has 10 nitrogen and oxygen atoms in total. The zero-order valence-electron chi connectivity index (χ0n) is 18.0. The number of ether oxygens (including phenoxy) is 1. The molecule has 166 valence electrons. The van der Waals surface area contributed by atoms with E-state index in [1.807, 2.05) is 41.8 Å². The number of hydrogen-bond acceptors (Lipinski definition) is 9. The van der Waals surface area contributed by atoms with Crippen LogP contribution in [0.3, 0.4) is 0 Å². The molecule has 0 unspecified atom stereocenters. The molecule has 2 atom stereocenters. The summed E-state index contributed by atoms with van der Waals surface area (Å²) in [6.07, 6.45) is 0.0440. The zero-order valence-corrected chi connectivity index (χ0v) is 18.0. The Balaban J connectivity index is 1.54. The third-order valence-electron chi connectivity index (χ3n) is 5.69. The van der Waals surface area contributed by atoms with Gasteiger partial charge in [-0.2, -0.15) is 9.97 Å². The smallest absolute Gasteiger partial charge is 0.353 e. The Kier molecular flexibility index (Phi) is 6.19. The van der Waals surface area contributed by atoms with E-state index in [4.69, 9.17) is 10.5 Å². The van der Waals surface area contributed by atoms with Crippen molar-refractivity contribution in [2.24, 2.45) is 0 Å². The number of nitrogens with two attached hydrogens (primary N) is 1. The van der Waals surface area contributed by atoms with E-state index in [0.29, 0.717) is 37.9 Å². The minimum atomic E-state index is -0.477. The number of nitrogen functional groups attached to an aromatic ring is 1. The number of morpholine rings is 1. The van der Waals surface area contributed by atoms with Gasteiger partial charge < -0.3 is 20.3 Å². The highest BCUT2D eigenvalue weighted by Gasteiger charge is 2.32. The summed E-state index contributed by atoms with van der Waals surface area (Å²) < 4.78 is 5.78. The summed E-state index contributed by atoms with van der Waals surface area (Å²) in [5.41, 5.74) is 7.09. The lowest BCUT2D eigenvalue weighted by molar-refractivity contribution is -0.383. The number of nitro groups is 1. The molecule has 0 spiro atoms. The predicted octanol–water partition coefficient (Wildman–Crippen LogP) is 1.90. The fourth-order valence-electron chi connectivity index (χ4n) is 4.29. The van der Waals surface area contributed by atoms with Gasteiger partial charge in [0.25, 0.3) is 0 Å². The van der Waals surface area contributed by atoms with Gasteiger partial charge in [0.2, 0.25) is 17.6 Å². The van der Waals surface area contributed by atoms with Gasteiger partial charge in [-0.05, 0) is 19.4 Å². The van der Waals surface area contributed by atoms with Crippen LogP contribution in [-0.4, -0.2) is 71.3 Å². The van der Waals surface area contributed by atoms with E-state index in [9.17, 15) is 10.1 Å². The van der Waals surface area contributed by atoms with Gasteiger partial charge in [0.05, 0.1) is 17.1 Å². The van der Waals surface area contributed by atoms with E-state index in [0.717, 1.165) is 19.6 Å². The van der Waals surface area contributed by atoms with Gasteiger partial charge >= 0.3 is 5.69 Å². The van der Waals surface area contributed by atoms with Gasteiger partial charge in [-0.3, -0.25) is 15.0 Å². The molecule has 2 aliphatic heterocycles. The van der Waals surface area contributed by atoms with Crippen molar-refractivity contribution in [2.45, 2.75) is 32.6 Å². The van der Waals surface area contributed by atoms with Crippen LogP contribution >= 0.6 is 0 Å². The maximum Gasteiger partial charge on any atom is 0.353 e. The summed E-state index contributed by atoms with van der Waals surface area (Å²) in [6.45, 7) is 8.93. The Morgan fingerprint density at radius 2 is 1.71 bits per heavy atom. The molecule has 2 aromatic rings. The second-order valence-corrected chi connectivity index (χ2v) is 8.25. The highest BCUT2D eigenvalue weighted by molar-refractivity contribution is 5.71. The van der Waals surface area contributed by atoms with Crippen molar-refractivity contribution in [2.75, 3.05) is 54.8 Å². The van der Waals surface area contributed by atoms with Crippen molar-refractivity contribution in [3.05, 3.63) is 46.0 Å². The Morgan fingerprint density at radius 3 is 2.32 bits per heavy atom. The molecule has 10 heteroatoms. The van der Waals surface area contributed by atoms with E-state index in [2.05, 4.69) is 27.0 Å². The molecule has 2 aliphatic rings. The zero-order chi connectivity index (χ0) is 22.0. The van der Waals surface area contributed by atoms with Crippen LogP contribution < -0.4 is 15.5 Å². The summed E-state index contributed by atoms with van der Waals surface area (Å²) in [6, 6.07) is 10.3. The lowest BCUT2D eigenvalue weighted by Gasteiger charge is -2.37. The Hall–Kier alpha value is -2.98. The van der Waals surface area contributed by atoms with Crippen LogP contribution in [0.25, 0.3) is 0 Å². The molecule has 2 fully saturated rings. The molecule has 1 aromatic heterocycles. The summed E-state index contributed by atoms with van der Waals surface area (Å²) in [5.74, 6) is 0.633. The quantitative estimate of drug-likeness (QED) is 0.564. The third kappa shape index (κ3) is 4.86. The van der Waals surface area contributed by atoms with E-state index in [1.54, 1.807) is 0 Å². The minimum Gasteiger partial charge on any atom is -0.378 e. The molecule has 31 heavy (non-hydrogen) atoms. The second kappa shape index (κ2) is 9.03. The molecule has 0 saturated carbocycles. The molecular formula is C21H29N7O3. The van der Waals surface area contributed by atoms with Crippen molar-refractivity contribution < 1.29 is 9.66 Å². The SMILES string of the molecule is C[C@@H]1CN(c2nc(N)c([N+](=O)[O-])c(N3CCN(Cc4ccccc4)CC3)n2)C[C@H](C)O1. The van der Waals surface area contributed by atoms with Crippen LogP contribution in [0.1, 0.15) is 19.4 Å². The molecule has 0 radical (unpaired) electrons. The fraction of sp³-hybridized carbons (Fsp3) is 0.524.